The fourth-order valence-corrected chi connectivity index (χ4v) is 3.97. The van der Waals surface area contributed by atoms with Gasteiger partial charge in [-0.1, -0.05) is 6.07 Å². The Morgan fingerprint density at radius 2 is 2.40 bits per heavy atom. The first-order valence-corrected chi connectivity index (χ1v) is 8.42. The van der Waals surface area contributed by atoms with Crippen molar-refractivity contribution in [1.82, 2.24) is 10.2 Å². The second kappa shape index (κ2) is 6.59. The molecule has 20 heavy (non-hydrogen) atoms. The number of carbonyl (C=O) groups excluding carboxylic acids is 1. The Balaban J connectivity index is 1.48. The molecule has 2 fully saturated rings. The molecule has 0 saturated carbocycles. The highest BCUT2D eigenvalue weighted by Gasteiger charge is 2.30. The van der Waals surface area contributed by atoms with E-state index in [4.69, 9.17) is 4.74 Å². The fraction of sp³-hybridized carbons (Fsp3) is 0.667. The van der Waals surface area contributed by atoms with E-state index in [1.54, 1.807) is 11.3 Å². The number of carbonyl (C=O) groups is 1. The molecule has 3 heterocycles. The van der Waals surface area contributed by atoms with Gasteiger partial charge in [0.25, 0.3) is 0 Å². The van der Waals surface area contributed by atoms with E-state index in [-0.39, 0.29) is 12.1 Å². The van der Waals surface area contributed by atoms with Gasteiger partial charge in [-0.05, 0) is 43.6 Å². The maximum Gasteiger partial charge on any atom is 0.317 e. The molecule has 2 aliphatic rings. The summed E-state index contributed by atoms with van der Waals surface area (Å²) >= 11 is 1.74. The van der Waals surface area contributed by atoms with Crippen molar-refractivity contribution in [2.45, 2.75) is 44.2 Å². The van der Waals surface area contributed by atoms with E-state index >= 15 is 0 Å². The highest BCUT2D eigenvalue weighted by molar-refractivity contribution is 7.10. The zero-order chi connectivity index (χ0) is 13.8. The molecule has 2 amide bonds. The number of urea groups is 1. The topological polar surface area (TPSA) is 41.6 Å². The highest BCUT2D eigenvalue weighted by atomic mass is 32.1. The van der Waals surface area contributed by atoms with Crippen LogP contribution in [0.15, 0.2) is 17.5 Å². The number of amides is 2. The maximum atomic E-state index is 12.3. The lowest BCUT2D eigenvalue weighted by atomic mass is 10.2. The second-order valence-corrected chi connectivity index (χ2v) is 6.50. The van der Waals surface area contributed by atoms with E-state index in [2.05, 4.69) is 22.8 Å². The third-order valence-electron chi connectivity index (χ3n) is 4.15. The summed E-state index contributed by atoms with van der Waals surface area (Å²) in [5.41, 5.74) is 0. The normalized spacial score (nSPS) is 26.1. The van der Waals surface area contributed by atoms with Crippen molar-refractivity contribution in [2.24, 2.45) is 0 Å². The Hall–Kier alpha value is -1.07. The molecular formula is C15H22N2O2S. The van der Waals surface area contributed by atoms with Crippen LogP contribution in [0.5, 0.6) is 0 Å². The molecule has 110 valence electrons. The van der Waals surface area contributed by atoms with Crippen molar-refractivity contribution in [3.8, 4) is 0 Å². The number of thiophene rings is 1. The Labute approximate surface area is 124 Å². The van der Waals surface area contributed by atoms with Crippen molar-refractivity contribution < 1.29 is 9.53 Å². The lowest BCUT2D eigenvalue weighted by molar-refractivity contribution is 0.104. The number of rotatable bonds is 4. The van der Waals surface area contributed by atoms with Crippen molar-refractivity contribution in [3.63, 3.8) is 0 Å². The largest absolute Gasteiger partial charge is 0.378 e. The van der Waals surface area contributed by atoms with E-state index in [1.165, 1.54) is 4.88 Å². The predicted molar refractivity (Wildman–Crippen MR) is 80.0 cm³/mol. The molecule has 5 heteroatoms. The number of hydrogen-bond acceptors (Lipinski definition) is 3. The van der Waals surface area contributed by atoms with Crippen LogP contribution in [0, 0.1) is 0 Å². The summed E-state index contributed by atoms with van der Waals surface area (Å²) in [7, 11) is 0. The molecule has 1 N–H and O–H groups in total. The van der Waals surface area contributed by atoms with E-state index in [9.17, 15) is 4.79 Å². The smallest absolute Gasteiger partial charge is 0.317 e. The van der Waals surface area contributed by atoms with Crippen LogP contribution < -0.4 is 5.32 Å². The van der Waals surface area contributed by atoms with Crippen molar-refractivity contribution in [3.05, 3.63) is 22.4 Å². The molecule has 2 atom stereocenters. The number of ether oxygens (including phenoxy) is 1. The Morgan fingerprint density at radius 1 is 1.45 bits per heavy atom. The molecule has 2 aliphatic heterocycles. The summed E-state index contributed by atoms with van der Waals surface area (Å²) in [6.45, 7) is 2.47. The standard InChI is InChI=1S/C15H22N2O2S/c18-15(16-8-7-12-4-2-10-19-12)17-9-1-5-13(17)14-6-3-11-20-14/h3,6,11-13H,1-2,4-5,7-10H2,(H,16,18)/t12-,13-/m0/s1. The number of nitrogens with one attached hydrogen (secondary N) is 1. The zero-order valence-corrected chi connectivity index (χ0v) is 12.5. The average molecular weight is 294 g/mol. The first-order chi connectivity index (χ1) is 9.84. The van der Waals surface area contributed by atoms with Crippen LogP contribution in [-0.4, -0.2) is 36.7 Å². The molecule has 0 aliphatic carbocycles. The Morgan fingerprint density at radius 3 is 3.15 bits per heavy atom. The molecule has 4 nitrogen and oxygen atoms in total. The molecule has 2 saturated heterocycles. The van der Waals surface area contributed by atoms with Gasteiger partial charge in [-0.15, -0.1) is 11.3 Å². The van der Waals surface area contributed by atoms with Gasteiger partial charge in [0, 0.05) is 24.6 Å². The van der Waals surface area contributed by atoms with Gasteiger partial charge in [0.05, 0.1) is 12.1 Å². The van der Waals surface area contributed by atoms with Gasteiger partial charge in [-0.25, -0.2) is 4.79 Å². The molecular weight excluding hydrogens is 272 g/mol. The highest BCUT2D eigenvalue weighted by Crippen LogP contribution is 2.34. The van der Waals surface area contributed by atoms with Gasteiger partial charge >= 0.3 is 6.03 Å². The van der Waals surface area contributed by atoms with Gasteiger partial charge in [0.15, 0.2) is 0 Å². The molecule has 0 bridgehead atoms. The van der Waals surface area contributed by atoms with Crippen molar-refractivity contribution >= 4 is 17.4 Å². The predicted octanol–water partition coefficient (Wildman–Crippen LogP) is 3.16. The summed E-state index contributed by atoms with van der Waals surface area (Å²) in [4.78, 5) is 15.6. The van der Waals surface area contributed by atoms with Crippen LogP contribution in [0.2, 0.25) is 0 Å². The summed E-state index contributed by atoms with van der Waals surface area (Å²) in [5.74, 6) is 0. The van der Waals surface area contributed by atoms with Crippen molar-refractivity contribution in [1.29, 1.82) is 0 Å². The maximum absolute atomic E-state index is 12.3. The van der Waals surface area contributed by atoms with Crippen LogP contribution in [-0.2, 0) is 4.74 Å². The van der Waals surface area contributed by atoms with Crippen molar-refractivity contribution in [2.75, 3.05) is 19.7 Å². The molecule has 0 radical (unpaired) electrons. The van der Waals surface area contributed by atoms with E-state index in [1.807, 2.05) is 4.90 Å². The van der Waals surface area contributed by atoms with E-state index in [0.29, 0.717) is 6.10 Å². The monoisotopic (exact) mass is 294 g/mol. The molecule has 1 aromatic heterocycles. The molecule has 3 rings (SSSR count). The summed E-state index contributed by atoms with van der Waals surface area (Å²) in [6, 6.07) is 4.55. The van der Waals surface area contributed by atoms with Gasteiger partial charge in [0.2, 0.25) is 0 Å². The van der Waals surface area contributed by atoms with E-state index < -0.39 is 0 Å². The summed E-state index contributed by atoms with van der Waals surface area (Å²) in [5, 5.41) is 5.14. The van der Waals surface area contributed by atoms with Crippen LogP contribution in [0.25, 0.3) is 0 Å². The van der Waals surface area contributed by atoms with Crippen LogP contribution in [0.1, 0.15) is 43.0 Å². The van der Waals surface area contributed by atoms with Crippen LogP contribution >= 0.6 is 11.3 Å². The quantitative estimate of drug-likeness (QED) is 0.926. The minimum absolute atomic E-state index is 0.0823. The molecule has 1 aromatic rings. The van der Waals surface area contributed by atoms with Crippen LogP contribution in [0.4, 0.5) is 4.79 Å². The fourth-order valence-electron chi connectivity index (χ4n) is 3.10. The SMILES string of the molecule is O=C(NCC[C@@H]1CCCO1)N1CCC[C@H]1c1cccs1. The third kappa shape index (κ3) is 3.15. The molecule has 0 spiro atoms. The first-order valence-electron chi connectivity index (χ1n) is 7.54. The molecule has 0 aromatic carbocycles. The summed E-state index contributed by atoms with van der Waals surface area (Å²) in [6.07, 6.45) is 5.76. The zero-order valence-electron chi connectivity index (χ0n) is 11.7. The number of nitrogens with zero attached hydrogens (tertiary/aromatic N) is 1. The van der Waals surface area contributed by atoms with Gasteiger partial charge in [-0.2, -0.15) is 0 Å². The first kappa shape index (κ1) is 13.9. The second-order valence-electron chi connectivity index (χ2n) is 5.52. The van der Waals surface area contributed by atoms with Gasteiger partial charge in [-0.3, -0.25) is 0 Å². The molecule has 0 unspecified atom stereocenters. The van der Waals surface area contributed by atoms with Crippen LogP contribution in [0.3, 0.4) is 0 Å². The summed E-state index contributed by atoms with van der Waals surface area (Å²) < 4.78 is 5.58. The lowest BCUT2D eigenvalue weighted by Gasteiger charge is -2.24. The minimum Gasteiger partial charge on any atom is -0.378 e. The minimum atomic E-state index is 0.0823. The Bertz CT molecular complexity index is 429. The van der Waals surface area contributed by atoms with Gasteiger partial charge < -0.3 is 15.0 Å². The van der Waals surface area contributed by atoms with Gasteiger partial charge in [0.1, 0.15) is 0 Å². The van der Waals surface area contributed by atoms with E-state index in [0.717, 1.165) is 51.8 Å². The Kier molecular flexibility index (Phi) is 4.58. The third-order valence-corrected chi connectivity index (χ3v) is 5.13. The lowest BCUT2D eigenvalue weighted by Crippen LogP contribution is -2.40. The number of hydrogen-bond donors (Lipinski definition) is 1. The number of likely N-dealkylation sites (tertiary alicyclic amines) is 1. The average Bonchev–Trinajstić information content (AvgIpc) is 3.19.